The first-order valence-electron chi connectivity index (χ1n) is 13.5. The highest BCUT2D eigenvalue weighted by Crippen LogP contribution is 2.55. The second-order valence-electron chi connectivity index (χ2n) is 10.2. The lowest BCUT2D eigenvalue weighted by molar-refractivity contribution is -0.143. The van der Waals surface area contributed by atoms with Gasteiger partial charge in [0, 0.05) is 34.4 Å². The molecule has 0 N–H and O–H groups in total. The average molecular weight is 557 g/mol. The van der Waals surface area contributed by atoms with Gasteiger partial charge >= 0.3 is 6.09 Å². The molecule has 3 aromatic carbocycles. The van der Waals surface area contributed by atoms with Crippen LogP contribution >= 0.6 is 0 Å². The smallest absolute Gasteiger partial charge is 0.411 e. The monoisotopic (exact) mass is 556 g/mol. The minimum atomic E-state index is -0.811. The molecule has 212 valence electrons. The number of carbonyl (C=O) groups excluding carboxylic acids is 2. The van der Waals surface area contributed by atoms with Crippen LogP contribution in [-0.4, -0.2) is 56.3 Å². The summed E-state index contributed by atoms with van der Waals surface area (Å²) in [6.07, 6.45) is 1.59. The Morgan fingerprint density at radius 2 is 1.44 bits per heavy atom. The number of carbonyl (C=O) groups is 2. The molecule has 2 bridgehead atoms. The van der Waals surface area contributed by atoms with Crippen LogP contribution in [0.15, 0.2) is 60.3 Å². The largest absolute Gasteiger partial charge is 0.496 e. The zero-order valence-electron chi connectivity index (χ0n) is 23.7. The van der Waals surface area contributed by atoms with Gasteiger partial charge < -0.3 is 28.6 Å². The van der Waals surface area contributed by atoms with Crippen LogP contribution in [0.5, 0.6) is 23.0 Å². The zero-order chi connectivity index (χ0) is 28.8. The molecule has 0 radical (unpaired) electrons. The maximum Gasteiger partial charge on any atom is 0.411 e. The SMILES string of the molecule is COc1ccc(OC)c2c1C=C1[C@@H]3c4c(OC)ccc(OC)c4C[C@H](C(=O)N1[C@@H]2C)N3C(=O)OCc1ccccc1. The number of methoxy groups -OCH3 is 4. The van der Waals surface area contributed by atoms with Crippen molar-refractivity contribution < 1.29 is 33.3 Å². The highest BCUT2D eigenvalue weighted by molar-refractivity contribution is 5.94. The molecule has 3 aliphatic heterocycles. The molecule has 9 heteroatoms. The first-order valence-corrected chi connectivity index (χ1v) is 13.5. The second-order valence-corrected chi connectivity index (χ2v) is 10.2. The quantitative estimate of drug-likeness (QED) is 0.408. The van der Waals surface area contributed by atoms with Gasteiger partial charge in [-0.3, -0.25) is 9.69 Å². The molecular formula is C32H32N2O7. The molecule has 41 heavy (non-hydrogen) atoms. The zero-order valence-corrected chi connectivity index (χ0v) is 23.7. The van der Waals surface area contributed by atoms with E-state index in [0.717, 1.165) is 27.8 Å². The minimum Gasteiger partial charge on any atom is -0.496 e. The molecule has 0 unspecified atom stereocenters. The van der Waals surface area contributed by atoms with Crippen LogP contribution in [0.25, 0.3) is 6.08 Å². The molecule has 2 amide bonds. The fourth-order valence-electron chi connectivity index (χ4n) is 6.43. The average Bonchev–Trinajstić information content (AvgIpc) is 3.01. The lowest BCUT2D eigenvalue weighted by Gasteiger charge is -2.53. The number of hydrogen-bond acceptors (Lipinski definition) is 7. The van der Waals surface area contributed by atoms with E-state index >= 15 is 0 Å². The fourth-order valence-corrected chi connectivity index (χ4v) is 6.43. The van der Waals surface area contributed by atoms with E-state index in [4.69, 9.17) is 23.7 Å². The summed E-state index contributed by atoms with van der Waals surface area (Å²) in [7, 11) is 6.41. The van der Waals surface area contributed by atoms with Gasteiger partial charge in [-0.05, 0) is 42.8 Å². The predicted molar refractivity (Wildman–Crippen MR) is 151 cm³/mol. The first kappa shape index (κ1) is 26.6. The van der Waals surface area contributed by atoms with E-state index in [2.05, 4.69) is 0 Å². The summed E-state index contributed by atoms with van der Waals surface area (Å²) in [5.74, 6) is 2.32. The highest BCUT2D eigenvalue weighted by Gasteiger charge is 2.55. The van der Waals surface area contributed by atoms with Crippen molar-refractivity contribution in [2.24, 2.45) is 0 Å². The van der Waals surface area contributed by atoms with Gasteiger partial charge in [0.05, 0.1) is 34.5 Å². The number of rotatable bonds is 6. The van der Waals surface area contributed by atoms with Crippen LogP contribution in [0, 0.1) is 0 Å². The molecule has 1 saturated heterocycles. The number of ether oxygens (including phenoxy) is 5. The predicted octanol–water partition coefficient (Wildman–Crippen LogP) is 5.28. The molecule has 0 aliphatic carbocycles. The highest BCUT2D eigenvalue weighted by atomic mass is 16.6. The van der Waals surface area contributed by atoms with E-state index in [9.17, 15) is 9.59 Å². The van der Waals surface area contributed by atoms with Crippen molar-refractivity contribution in [3.8, 4) is 23.0 Å². The molecule has 0 aromatic heterocycles. The Hall–Kier alpha value is -4.66. The van der Waals surface area contributed by atoms with Crippen LogP contribution in [0.4, 0.5) is 4.79 Å². The van der Waals surface area contributed by atoms with Crippen LogP contribution in [0.2, 0.25) is 0 Å². The Balaban J connectivity index is 1.56. The normalized spacial score (nSPS) is 20.3. The standard InChI is InChI=1S/C32H32N2O7/c1-18-28-20(24(37-2)11-13-26(28)39-4)15-22-30-29-21(25(38-3)12-14-27(29)40-5)16-23(31(35)33(18)22)34(30)32(36)41-17-19-9-7-6-8-10-19/h6-15,18,23,30H,16-17H2,1-5H3/t18-,23-,30-/m1/s1. The van der Waals surface area contributed by atoms with Gasteiger partial charge in [0.25, 0.3) is 5.91 Å². The third kappa shape index (κ3) is 4.06. The summed E-state index contributed by atoms with van der Waals surface area (Å²) < 4.78 is 28.8. The topological polar surface area (TPSA) is 86.8 Å². The number of amides is 2. The van der Waals surface area contributed by atoms with Crippen molar-refractivity contribution in [1.29, 1.82) is 0 Å². The van der Waals surface area contributed by atoms with Crippen molar-refractivity contribution in [2.45, 2.75) is 38.1 Å². The van der Waals surface area contributed by atoms with E-state index in [1.807, 2.05) is 67.6 Å². The van der Waals surface area contributed by atoms with E-state index in [-0.39, 0.29) is 25.0 Å². The van der Waals surface area contributed by atoms with Crippen LogP contribution in [-0.2, 0) is 22.6 Å². The number of piperazine rings is 1. The molecule has 0 spiro atoms. The van der Waals surface area contributed by atoms with E-state index < -0.39 is 18.2 Å². The van der Waals surface area contributed by atoms with Gasteiger partial charge in [0.15, 0.2) is 0 Å². The molecule has 3 aromatic rings. The first-order chi connectivity index (χ1) is 19.9. The fraction of sp³-hybridized carbons (Fsp3) is 0.312. The summed E-state index contributed by atoms with van der Waals surface area (Å²) in [5.41, 5.74) is 4.72. The molecule has 0 saturated carbocycles. The van der Waals surface area contributed by atoms with Crippen molar-refractivity contribution >= 4 is 18.1 Å². The lowest BCUT2D eigenvalue weighted by atomic mass is 9.78. The van der Waals surface area contributed by atoms with Crippen molar-refractivity contribution in [3.05, 3.63) is 88.1 Å². The number of fused-ring (bicyclic) bond motifs is 7. The number of nitrogens with zero attached hydrogens (tertiary/aromatic N) is 2. The molecule has 3 atom stereocenters. The molecular weight excluding hydrogens is 524 g/mol. The van der Waals surface area contributed by atoms with Gasteiger partial charge in [0.2, 0.25) is 0 Å². The Bertz CT molecular complexity index is 1550. The third-order valence-corrected chi connectivity index (χ3v) is 8.24. The van der Waals surface area contributed by atoms with Gasteiger partial charge in [0.1, 0.15) is 41.7 Å². The Morgan fingerprint density at radius 3 is 2.10 bits per heavy atom. The van der Waals surface area contributed by atoms with E-state index in [0.29, 0.717) is 28.7 Å². The molecule has 3 aliphatic rings. The van der Waals surface area contributed by atoms with Gasteiger partial charge in [-0.25, -0.2) is 4.79 Å². The van der Waals surface area contributed by atoms with E-state index in [1.165, 1.54) is 0 Å². The molecule has 3 heterocycles. The van der Waals surface area contributed by atoms with Gasteiger partial charge in [-0.15, -0.1) is 0 Å². The number of benzene rings is 3. The summed E-state index contributed by atoms with van der Waals surface area (Å²) in [5, 5.41) is 0. The van der Waals surface area contributed by atoms with Gasteiger partial charge in [-0.2, -0.15) is 0 Å². The molecule has 9 nitrogen and oxygen atoms in total. The van der Waals surface area contributed by atoms with Crippen LogP contribution in [0.3, 0.4) is 0 Å². The van der Waals surface area contributed by atoms with Gasteiger partial charge in [-0.1, -0.05) is 30.3 Å². The van der Waals surface area contributed by atoms with Crippen LogP contribution < -0.4 is 18.9 Å². The second kappa shape index (κ2) is 10.4. The van der Waals surface area contributed by atoms with Crippen molar-refractivity contribution in [3.63, 3.8) is 0 Å². The summed E-state index contributed by atoms with van der Waals surface area (Å²) >= 11 is 0. The lowest BCUT2D eigenvalue weighted by Crippen LogP contribution is -2.62. The van der Waals surface area contributed by atoms with Crippen molar-refractivity contribution in [2.75, 3.05) is 28.4 Å². The summed E-state index contributed by atoms with van der Waals surface area (Å²) in [6, 6.07) is 14.9. The number of hydrogen-bond donors (Lipinski definition) is 0. The van der Waals surface area contributed by atoms with Crippen molar-refractivity contribution in [1.82, 2.24) is 9.80 Å². The minimum absolute atomic E-state index is 0.0823. The summed E-state index contributed by atoms with van der Waals surface area (Å²) in [4.78, 5) is 31.6. The maximum atomic E-state index is 14.4. The Labute approximate surface area is 238 Å². The Kier molecular flexibility index (Phi) is 6.73. The van der Waals surface area contributed by atoms with Crippen LogP contribution in [0.1, 0.15) is 46.8 Å². The third-order valence-electron chi connectivity index (χ3n) is 8.24. The molecule has 6 rings (SSSR count). The maximum absolute atomic E-state index is 14.4. The Morgan fingerprint density at radius 1 is 0.829 bits per heavy atom. The van der Waals surface area contributed by atoms with E-state index in [1.54, 1.807) is 38.2 Å². The molecule has 1 fully saturated rings. The summed E-state index contributed by atoms with van der Waals surface area (Å²) in [6.45, 7) is 2.05.